The van der Waals surface area contributed by atoms with Gasteiger partial charge in [0.25, 0.3) is 5.91 Å². The maximum absolute atomic E-state index is 14.2. The van der Waals surface area contributed by atoms with Gasteiger partial charge >= 0.3 is 0 Å². The van der Waals surface area contributed by atoms with E-state index in [1.165, 1.54) is 24.3 Å². The van der Waals surface area contributed by atoms with Gasteiger partial charge in [0.2, 0.25) is 5.91 Å². The highest BCUT2D eigenvalue weighted by molar-refractivity contribution is 6.53. The fourth-order valence-electron chi connectivity index (χ4n) is 3.68. The summed E-state index contributed by atoms with van der Waals surface area (Å²) in [6, 6.07) is 10.7. The normalized spacial score (nSPS) is 18.1. The molecule has 0 unspecified atom stereocenters. The third-order valence-electron chi connectivity index (χ3n) is 5.42. The van der Waals surface area contributed by atoms with E-state index >= 15 is 0 Å². The molecule has 4 rings (SSSR count). The van der Waals surface area contributed by atoms with Gasteiger partial charge in [0.05, 0.1) is 22.2 Å². The van der Waals surface area contributed by atoms with Gasteiger partial charge in [0, 0.05) is 21.7 Å². The van der Waals surface area contributed by atoms with E-state index < -0.39 is 45.3 Å². The summed E-state index contributed by atoms with van der Waals surface area (Å²) in [6.07, 6.45) is 0. The predicted molar refractivity (Wildman–Crippen MR) is 136 cm³/mol. The van der Waals surface area contributed by atoms with Crippen LogP contribution in [0.15, 0.2) is 48.5 Å². The Morgan fingerprint density at radius 2 is 1.57 bits per heavy atom. The van der Waals surface area contributed by atoms with Crippen molar-refractivity contribution in [3.63, 3.8) is 0 Å². The number of carbonyl (C=O) groups is 2. The van der Waals surface area contributed by atoms with Gasteiger partial charge in [-0.05, 0) is 54.1 Å². The SMILES string of the molecule is Nc1ccc(F)c(NC(=O)c2cc(NC(=O)[C@H]3[C@H](c4cc(Cl)cc(Cl)c4)C3(Cl)Cl)ccc2Cl)c1F. The first-order chi connectivity index (χ1) is 16.4. The molecular weight excluding hydrogens is 566 g/mol. The summed E-state index contributed by atoms with van der Waals surface area (Å²) in [5, 5.41) is 5.45. The van der Waals surface area contributed by atoms with E-state index in [0.717, 1.165) is 12.1 Å². The van der Waals surface area contributed by atoms with Gasteiger partial charge in [-0.25, -0.2) is 8.78 Å². The first-order valence-corrected chi connectivity index (χ1v) is 11.8. The molecule has 5 nitrogen and oxygen atoms in total. The lowest BCUT2D eigenvalue weighted by Crippen LogP contribution is -2.19. The van der Waals surface area contributed by atoms with Crippen LogP contribution in [0.1, 0.15) is 21.8 Å². The van der Waals surface area contributed by atoms with E-state index in [-0.39, 0.29) is 22.0 Å². The van der Waals surface area contributed by atoms with Gasteiger partial charge in [0.1, 0.15) is 15.8 Å². The van der Waals surface area contributed by atoms with Crippen LogP contribution in [-0.4, -0.2) is 16.1 Å². The monoisotopic (exact) mass is 577 g/mol. The third kappa shape index (κ3) is 5.15. The number of alkyl halides is 2. The summed E-state index contributed by atoms with van der Waals surface area (Å²) in [4.78, 5) is 25.6. The molecule has 2 amide bonds. The number of benzene rings is 3. The molecule has 3 aromatic carbocycles. The zero-order valence-corrected chi connectivity index (χ0v) is 21.1. The average molecular weight is 580 g/mol. The van der Waals surface area contributed by atoms with E-state index in [1.807, 2.05) is 0 Å². The van der Waals surface area contributed by atoms with Crippen molar-refractivity contribution >= 4 is 86.9 Å². The minimum absolute atomic E-state index is 0.0212. The maximum Gasteiger partial charge on any atom is 0.257 e. The van der Waals surface area contributed by atoms with Gasteiger partial charge in [0.15, 0.2) is 5.82 Å². The van der Waals surface area contributed by atoms with Crippen LogP contribution in [0.25, 0.3) is 0 Å². The number of halogens is 7. The number of anilines is 3. The first-order valence-electron chi connectivity index (χ1n) is 9.89. The highest BCUT2D eigenvalue weighted by Crippen LogP contribution is 2.65. The number of nitrogens with one attached hydrogen (secondary N) is 2. The molecule has 0 bridgehead atoms. The molecule has 4 N–H and O–H groups in total. The van der Waals surface area contributed by atoms with Crippen molar-refractivity contribution in [1.82, 2.24) is 0 Å². The van der Waals surface area contributed by atoms with Crippen molar-refractivity contribution in [2.24, 2.45) is 5.92 Å². The van der Waals surface area contributed by atoms with Crippen LogP contribution in [-0.2, 0) is 4.79 Å². The van der Waals surface area contributed by atoms with E-state index in [2.05, 4.69) is 10.6 Å². The molecule has 35 heavy (non-hydrogen) atoms. The summed E-state index contributed by atoms with van der Waals surface area (Å²) in [5.41, 5.74) is 4.98. The van der Waals surface area contributed by atoms with Crippen LogP contribution in [0, 0.1) is 17.6 Å². The average Bonchev–Trinajstić information content (AvgIpc) is 3.36. The molecule has 2 atom stereocenters. The molecule has 0 spiro atoms. The lowest BCUT2D eigenvalue weighted by molar-refractivity contribution is -0.117. The topological polar surface area (TPSA) is 84.2 Å². The van der Waals surface area contributed by atoms with E-state index in [4.69, 9.17) is 63.7 Å². The molecule has 0 saturated heterocycles. The summed E-state index contributed by atoms with van der Waals surface area (Å²) < 4.78 is 26.8. The fourth-order valence-corrected chi connectivity index (χ4v) is 5.26. The van der Waals surface area contributed by atoms with E-state index in [1.54, 1.807) is 12.1 Å². The van der Waals surface area contributed by atoms with Crippen molar-refractivity contribution in [3.8, 4) is 0 Å². The first kappa shape index (κ1) is 25.8. The van der Waals surface area contributed by atoms with Gasteiger partial charge in [-0.2, -0.15) is 0 Å². The number of amides is 2. The number of hydrogen-bond acceptors (Lipinski definition) is 3. The molecule has 1 fully saturated rings. The Kier molecular flexibility index (Phi) is 7.10. The largest absolute Gasteiger partial charge is 0.396 e. The highest BCUT2D eigenvalue weighted by Gasteiger charge is 2.67. The second kappa shape index (κ2) is 9.64. The maximum atomic E-state index is 14.2. The predicted octanol–water partition coefficient (Wildman–Crippen LogP) is 7.29. The molecule has 3 aromatic rings. The van der Waals surface area contributed by atoms with Crippen LogP contribution in [0.2, 0.25) is 15.1 Å². The lowest BCUT2D eigenvalue weighted by Gasteiger charge is -2.12. The molecule has 0 aliphatic heterocycles. The molecule has 1 saturated carbocycles. The minimum atomic E-state index is -1.41. The molecule has 12 heteroatoms. The van der Waals surface area contributed by atoms with Crippen LogP contribution in [0.4, 0.5) is 25.8 Å². The smallest absolute Gasteiger partial charge is 0.257 e. The summed E-state index contributed by atoms with van der Waals surface area (Å²) in [7, 11) is 0. The lowest BCUT2D eigenvalue weighted by atomic mass is 10.1. The van der Waals surface area contributed by atoms with E-state index in [0.29, 0.717) is 15.6 Å². The number of nitrogens with two attached hydrogens (primary N) is 1. The summed E-state index contributed by atoms with van der Waals surface area (Å²) in [5.74, 6) is -5.02. The number of rotatable bonds is 5. The Bertz CT molecular complexity index is 1350. The minimum Gasteiger partial charge on any atom is -0.396 e. The van der Waals surface area contributed by atoms with Crippen LogP contribution in [0.5, 0.6) is 0 Å². The Hall–Kier alpha value is -2.29. The van der Waals surface area contributed by atoms with Crippen molar-refractivity contribution in [1.29, 1.82) is 0 Å². The third-order valence-corrected chi connectivity index (χ3v) is 7.12. The summed E-state index contributed by atoms with van der Waals surface area (Å²) >= 11 is 30.9. The molecule has 182 valence electrons. The van der Waals surface area contributed by atoms with Crippen molar-refractivity contribution < 1.29 is 18.4 Å². The van der Waals surface area contributed by atoms with Crippen molar-refractivity contribution in [3.05, 3.63) is 86.4 Å². The zero-order valence-electron chi connectivity index (χ0n) is 17.3. The zero-order chi connectivity index (χ0) is 25.7. The van der Waals surface area contributed by atoms with Gasteiger partial charge in [-0.1, -0.05) is 34.8 Å². The quantitative estimate of drug-likeness (QED) is 0.219. The second-order valence-electron chi connectivity index (χ2n) is 7.80. The van der Waals surface area contributed by atoms with E-state index in [9.17, 15) is 18.4 Å². The molecule has 0 heterocycles. The van der Waals surface area contributed by atoms with Gasteiger partial charge in [-0.3, -0.25) is 9.59 Å². The Morgan fingerprint density at radius 1 is 0.914 bits per heavy atom. The standard InChI is InChI=1S/C23H14Cl5F2N3O2/c24-10-5-9(6-11(25)7-10)17-18(23(17,27)28)22(35)32-12-1-2-14(26)13(8-12)21(34)33-20-15(29)3-4-16(31)19(20)30/h1-8,17-18H,31H2,(H,32,35)(H,33,34)/t17-,18+/m0/s1. The van der Waals surface area contributed by atoms with Gasteiger partial charge < -0.3 is 16.4 Å². The van der Waals surface area contributed by atoms with Crippen molar-refractivity contribution in [2.45, 2.75) is 10.3 Å². The number of hydrogen-bond donors (Lipinski definition) is 3. The van der Waals surface area contributed by atoms with Crippen molar-refractivity contribution in [2.75, 3.05) is 16.4 Å². The molecule has 0 radical (unpaired) electrons. The Labute approximate surface area is 223 Å². The van der Waals surface area contributed by atoms with Gasteiger partial charge in [-0.15, -0.1) is 23.2 Å². The molecular formula is C23H14Cl5F2N3O2. The summed E-state index contributed by atoms with van der Waals surface area (Å²) in [6.45, 7) is 0. The van der Waals surface area contributed by atoms with Crippen LogP contribution >= 0.6 is 58.0 Å². The Morgan fingerprint density at radius 3 is 2.23 bits per heavy atom. The molecule has 1 aliphatic rings. The second-order valence-corrected chi connectivity index (χ2v) is 10.5. The highest BCUT2D eigenvalue weighted by atomic mass is 35.5. The Balaban J connectivity index is 1.54. The number of carbonyl (C=O) groups excluding carboxylic acids is 2. The number of nitrogen functional groups attached to an aromatic ring is 1. The molecule has 0 aromatic heterocycles. The van der Waals surface area contributed by atoms with Crippen LogP contribution < -0.4 is 16.4 Å². The fraction of sp³-hybridized carbons (Fsp3) is 0.130. The molecule has 1 aliphatic carbocycles. The van der Waals surface area contributed by atoms with Crippen LogP contribution in [0.3, 0.4) is 0 Å².